The van der Waals surface area contributed by atoms with E-state index in [4.69, 9.17) is 0 Å². The first kappa shape index (κ1) is 16.2. The van der Waals surface area contributed by atoms with Crippen LogP contribution in [0.3, 0.4) is 0 Å². The molecular weight excluding hydrogens is 268 g/mol. The number of rotatable bonds is 3. The van der Waals surface area contributed by atoms with Crippen molar-refractivity contribution in [1.29, 1.82) is 0 Å². The molecule has 2 heterocycles. The molecule has 2 aliphatic rings. The third kappa shape index (κ3) is 4.68. The maximum atomic E-state index is 12.4. The monoisotopic (exact) mass is 296 g/mol. The zero-order chi connectivity index (χ0) is 15.2. The summed E-state index contributed by atoms with van der Waals surface area (Å²) in [4.78, 5) is 30.1. The van der Waals surface area contributed by atoms with E-state index in [0.29, 0.717) is 6.54 Å². The van der Waals surface area contributed by atoms with Crippen molar-refractivity contribution in [2.24, 2.45) is 5.92 Å². The van der Waals surface area contributed by atoms with E-state index in [1.165, 1.54) is 0 Å². The number of likely N-dealkylation sites (tertiary alicyclic amines) is 1. The first-order valence-electron chi connectivity index (χ1n) is 8.00. The Kier molecular flexibility index (Phi) is 5.99. The van der Waals surface area contributed by atoms with Crippen LogP contribution in [0.4, 0.5) is 0 Å². The van der Waals surface area contributed by atoms with Gasteiger partial charge in [-0.3, -0.25) is 14.5 Å². The van der Waals surface area contributed by atoms with Gasteiger partial charge in [-0.2, -0.15) is 0 Å². The molecule has 0 saturated carbocycles. The predicted octanol–water partition coefficient (Wildman–Crippen LogP) is -0.391. The van der Waals surface area contributed by atoms with Crippen LogP contribution in [0, 0.1) is 5.92 Å². The molecule has 0 bridgehead atoms. The lowest BCUT2D eigenvalue weighted by Gasteiger charge is -2.33. The second kappa shape index (κ2) is 7.75. The van der Waals surface area contributed by atoms with Crippen molar-refractivity contribution in [3.05, 3.63) is 0 Å². The fourth-order valence-electron chi connectivity index (χ4n) is 3.09. The Morgan fingerprint density at radius 1 is 1.10 bits per heavy atom. The molecule has 0 unspecified atom stereocenters. The second-order valence-corrected chi connectivity index (χ2v) is 6.27. The number of nitrogens with one attached hydrogen (secondary N) is 1. The Bertz CT molecular complexity index is 357. The first-order chi connectivity index (χ1) is 10.1. The number of piperidine rings is 1. The van der Waals surface area contributed by atoms with Crippen LogP contribution in [-0.4, -0.2) is 86.4 Å². The highest BCUT2D eigenvalue weighted by Crippen LogP contribution is 2.19. The number of carbonyl (C=O) groups excluding carboxylic acids is 2. The quantitative estimate of drug-likeness (QED) is 0.770. The van der Waals surface area contributed by atoms with Crippen LogP contribution in [0.1, 0.15) is 19.3 Å². The molecule has 0 radical (unpaired) electrons. The molecule has 0 aromatic rings. The van der Waals surface area contributed by atoms with Crippen LogP contribution < -0.4 is 5.32 Å². The topological polar surface area (TPSA) is 55.9 Å². The third-order valence-electron chi connectivity index (χ3n) is 4.43. The molecule has 21 heavy (non-hydrogen) atoms. The highest BCUT2D eigenvalue weighted by molar-refractivity contribution is 5.80. The lowest BCUT2D eigenvalue weighted by atomic mass is 9.95. The Hall–Kier alpha value is -1.14. The van der Waals surface area contributed by atoms with Gasteiger partial charge in [0.1, 0.15) is 0 Å². The molecule has 6 heteroatoms. The Balaban J connectivity index is 1.76. The van der Waals surface area contributed by atoms with E-state index in [-0.39, 0.29) is 17.7 Å². The second-order valence-electron chi connectivity index (χ2n) is 6.27. The van der Waals surface area contributed by atoms with Crippen LogP contribution in [0.25, 0.3) is 0 Å². The number of carbonyl (C=O) groups is 2. The standard InChI is InChI=1S/C15H28N4O2/c1-17(2)15(21)13-4-9-19(10-5-13)14(20)12-18-8-3-6-16-7-11-18/h13,16H,3-12H2,1-2H3. The molecule has 2 fully saturated rings. The minimum Gasteiger partial charge on any atom is -0.349 e. The molecule has 6 nitrogen and oxygen atoms in total. The van der Waals surface area contributed by atoms with Gasteiger partial charge in [-0.25, -0.2) is 0 Å². The number of hydrogen-bond donors (Lipinski definition) is 1. The lowest BCUT2D eigenvalue weighted by Crippen LogP contribution is -2.46. The van der Waals surface area contributed by atoms with E-state index < -0.39 is 0 Å². The molecule has 2 rings (SSSR count). The van der Waals surface area contributed by atoms with Crippen LogP contribution in [0.2, 0.25) is 0 Å². The van der Waals surface area contributed by atoms with Crippen LogP contribution in [0.15, 0.2) is 0 Å². The van der Waals surface area contributed by atoms with Crippen LogP contribution in [0.5, 0.6) is 0 Å². The summed E-state index contributed by atoms with van der Waals surface area (Å²) in [7, 11) is 3.60. The van der Waals surface area contributed by atoms with Crippen molar-refractivity contribution in [3.8, 4) is 0 Å². The van der Waals surface area contributed by atoms with Crippen LogP contribution >= 0.6 is 0 Å². The average Bonchev–Trinajstić information content (AvgIpc) is 2.75. The summed E-state index contributed by atoms with van der Waals surface area (Å²) in [5, 5.41) is 3.35. The fourth-order valence-corrected chi connectivity index (χ4v) is 3.09. The summed E-state index contributed by atoms with van der Waals surface area (Å²) >= 11 is 0. The Labute approximate surface area is 127 Å². The summed E-state index contributed by atoms with van der Waals surface area (Å²) in [5.41, 5.74) is 0. The van der Waals surface area contributed by atoms with E-state index in [1.807, 2.05) is 4.90 Å². The summed E-state index contributed by atoms with van der Waals surface area (Å²) in [6.45, 7) is 5.91. The SMILES string of the molecule is CN(C)C(=O)C1CCN(C(=O)CN2CCCNCC2)CC1. The van der Waals surface area contributed by atoms with Gasteiger partial charge < -0.3 is 15.1 Å². The van der Waals surface area contributed by atoms with E-state index in [2.05, 4.69) is 10.2 Å². The third-order valence-corrected chi connectivity index (χ3v) is 4.43. The fraction of sp³-hybridized carbons (Fsp3) is 0.867. The van der Waals surface area contributed by atoms with Gasteiger partial charge in [0, 0.05) is 46.2 Å². The van der Waals surface area contributed by atoms with E-state index in [9.17, 15) is 9.59 Å². The van der Waals surface area contributed by atoms with Crippen molar-refractivity contribution in [3.63, 3.8) is 0 Å². The molecule has 2 saturated heterocycles. The van der Waals surface area contributed by atoms with E-state index >= 15 is 0 Å². The molecular formula is C15H28N4O2. The molecule has 2 amide bonds. The minimum absolute atomic E-state index is 0.0893. The minimum atomic E-state index is 0.0893. The molecule has 0 aliphatic carbocycles. The summed E-state index contributed by atoms with van der Waals surface area (Å²) in [6.07, 6.45) is 2.70. The Morgan fingerprint density at radius 3 is 2.48 bits per heavy atom. The maximum Gasteiger partial charge on any atom is 0.236 e. The number of nitrogens with zero attached hydrogens (tertiary/aromatic N) is 3. The summed E-state index contributed by atoms with van der Waals surface area (Å²) < 4.78 is 0. The van der Waals surface area contributed by atoms with Gasteiger partial charge in [-0.15, -0.1) is 0 Å². The highest BCUT2D eigenvalue weighted by atomic mass is 16.2. The van der Waals surface area contributed by atoms with Gasteiger partial charge in [-0.1, -0.05) is 0 Å². The summed E-state index contributed by atoms with van der Waals surface area (Å²) in [6, 6.07) is 0. The molecule has 0 aromatic carbocycles. The number of hydrogen-bond acceptors (Lipinski definition) is 4. The van der Waals surface area contributed by atoms with Gasteiger partial charge in [0.2, 0.25) is 11.8 Å². The van der Waals surface area contributed by atoms with Gasteiger partial charge in [0.15, 0.2) is 0 Å². The smallest absolute Gasteiger partial charge is 0.236 e. The van der Waals surface area contributed by atoms with E-state index in [0.717, 1.165) is 58.5 Å². The summed E-state index contributed by atoms with van der Waals surface area (Å²) in [5.74, 6) is 0.500. The van der Waals surface area contributed by atoms with Crippen molar-refractivity contribution in [2.45, 2.75) is 19.3 Å². The molecule has 120 valence electrons. The van der Waals surface area contributed by atoms with Crippen molar-refractivity contribution >= 4 is 11.8 Å². The van der Waals surface area contributed by atoms with Gasteiger partial charge >= 0.3 is 0 Å². The molecule has 0 aromatic heterocycles. The average molecular weight is 296 g/mol. The largest absolute Gasteiger partial charge is 0.349 e. The zero-order valence-electron chi connectivity index (χ0n) is 13.3. The maximum absolute atomic E-state index is 12.4. The van der Waals surface area contributed by atoms with Crippen LogP contribution in [-0.2, 0) is 9.59 Å². The molecule has 0 atom stereocenters. The normalized spacial score (nSPS) is 21.9. The zero-order valence-corrected chi connectivity index (χ0v) is 13.3. The van der Waals surface area contributed by atoms with Crippen molar-refractivity contribution < 1.29 is 9.59 Å². The molecule has 2 aliphatic heterocycles. The molecule has 1 N–H and O–H groups in total. The highest BCUT2D eigenvalue weighted by Gasteiger charge is 2.28. The first-order valence-corrected chi connectivity index (χ1v) is 8.00. The van der Waals surface area contributed by atoms with E-state index in [1.54, 1.807) is 19.0 Å². The van der Waals surface area contributed by atoms with Gasteiger partial charge in [0.25, 0.3) is 0 Å². The predicted molar refractivity (Wildman–Crippen MR) is 81.9 cm³/mol. The Morgan fingerprint density at radius 2 is 1.81 bits per heavy atom. The molecule has 0 spiro atoms. The van der Waals surface area contributed by atoms with Gasteiger partial charge in [0.05, 0.1) is 6.54 Å². The number of amides is 2. The lowest BCUT2D eigenvalue weighted by molar-refractivity contribution is -0.139. The van der Waals surface area contributed by atoms with Gasteiger partial charge in [-0.05, 0) is 32.4 Å². The van der Waals surface area contributed by atoms with Crippen molar-refractivity contribution in [2.75, 3.05) is 59.9 Å². The van der Waals surface area contributed by atoms with Crippen molar-refractivity contribution in [1.82, 2.24) is 20.0 Å².